The average Bonchev–Trinajstić information content (AvgIpc) is 3.01. The number of rotatable bonds is 34. The van der Waals surface area contributed by atoms with Crippen molar-refractivity contribution >= 4 is 0 Å². The predicted molar refractivity (Wildman–Crippen MR) is 186 cm³/mol. The molecular formula is C40H73O2. The van der Waals surface area contributed by atoms with E-state index in [-0.39, 0.29) is 0 Å². The molecule has 0 saturated heterocycles. The fourth-order valence-electron chi connectivity index (χ4n) is 5.92. The lowest BCUT2D eigenvalue weighted by Crippen LogP contribution is -2.00. The summed E-state index contributed by atoms with van der Waals surface area (Å²) in [5.74, 6) is 1.80. The first-order valence-corrected chi connectivity index (χ1v) is 19.1. The molecule has 0 N–H and O–H groups in total. The maximum Gasteiger partial charge on any atom is 0.123 e. The van der Waals surface area contributed by atoms with E-state index in [1.807, 2.05) is 18.2 Å². The molecule has 42 heavy (non-hydrogen) atoms. The van der Waals surface area contributed by atoms with Crippen molar-refractivity contribution in [2.75, 3.05) is 13.2 Å². The van der Waals surface area contributed by atoms with E-state index in [0.717, 1.165) is 37.6 Å². The topological polar surface area (TPSA) is 18.5 Å². The van der Waals surface area contributed by atoms with Gasteiger partial charge in [0.05, 0.1) is 13.2 Å². The average molecular weight is 586 g/mol. The fourth-order valence-corrected chi connectivity index (χ4v) is 5.92. The van der Waals surface area contributed by atoms with Gasteiger partial charge in [-0.05, 0) is 31.0 Å². The minimum absolute atomic E-state index is 0.800. The second kappa shape index (κ2) is 32.7. The molecule has 1 rings (SSSR count). The van der Waals surface area contributed by atoms with Crippen LogP contribution in [0.1, 0.15) is 206 Å². The molecule has 0 atom stereocenters. The third kappa shape index (κ3) is 27.6. The predicted octanol–water partition coefficient (Wildman–Crippen LogP) is 14.0. The monoisotopic (exact) mass is 586 g/mol. The minimum atomic E-state index is 0.800. The van der Waals surface area contributed by atoms with Crippen molar-refractivity contribution in [1.29, 1.82) is 0 Å². The molecule has 0 aliphatic rings. The van der Waals surface area contributed by atoms with Gasteiger partial charge >= 0.3 is 0 Å². The molecule has 0 aliphatic carbocycles. The van der Waals surface area contributed by atoms with Crippen LogP contribution >= 0.6 is 0 Å². The second-order valence-electron chi connectivity index (χ2n) is 13.0. The first-order valence-electron chi connectivity index (χ1n) is 19.1. The van der Waals surface area contributed by atoms with Crippen molar-refractivity contribution in [2.45, 2.75) is 206 Å². The molecule has 2 heteroatoms. The minimum Gasteiger partial charge on any atom is -0.493 e. The van der Waals surface area contributed by atoms with Gasteiger partial charge in [0, 0.05) is 6.07 Å². The van der Waals surface area contributed by atoms with Crippen molar-refractivity contribution in [1.82, 2.24) is 0 Å². The molecule has 0 aliphatic heterocycles. The van der Waals surface area contributed by atoms with Crippen LogP contribution in [0.2, 0.25) is 0 Å². The zero-order valence-electron chi connectivity index (χ0n) is 28.7. The Morgan fingerprint density at radius 2 is 0.595 bits per heavy atom. The first kappa shape index (κ1) is 38.8. The number of ether oxygens (including phenoxy) is 2. The molecule has 1 aromatic carbocycles. The van der Waals surface area contributed by atoms with E-state index in [9.17, 15) is 0 Å². The van der Waals surface area contributed by atoms with Gasteiger partial charge in [-0.1, -0.05) is 194 Å². The van der Waals surface area contributed by atoms with E-state index in [0.29, 0.717) is 0 Å². The van der Waals surface area contributed by atoms with Crippen LogP contribution in [0.15, 0.2) is 18.2 Å². The Balaban J connectivity index is 1.84. The molecule has 0 bridgehead atoms. The summed E-state index contributed by atoms with van der Waals surface area (Å²) < 4.78 is 12.0. The Hall–Kier alpha value is -1.18. The van der Waals surface area contributed by atoms with Gasteiger partial charge in [0.2, 0.25) is 0 Å². The van der Waals surface area contributed by atoms with Crippen LogP contribution in [0.3, 0.4) is 0 Å². The third-order valence-corrected chi connectivity index (χ3v) is 8.77. The summed E-state index contributed by atoms with van der Waals surface area (Å²) in [5.41, 5.74) is 0. The molecule has 0 saturated carbocycles. The Bertz CT molecular complexity index is 591. The summed E-state index contributed by atoms with van der Waals surface area (Å²) in [6, 6.07) is 9.10. The summed E-state index contributed by atoms with van der Waals surface area (Å²) in [4.78, 5) is 0. The Kier molecular flexibility index (Phi) is 30.3. The largest absolute Gasteiger partial charge is 0.493 e. The van der Waals surface area contributed by atoms with Crippen molar-refractivity contribution in [3.63, 3.8) is 0 Å². The molecule has 245 valence electrons. The highest BCUT2D eigenvalue weighted by molar-refractivity contribution is 5.32. The van der Waals surface area contributed by atoms with Crippen molar-refractivity contribution < 1.29 is 9.47 Å². The van der Waals surface area contributed by atoms with Crippen molar-refractivity contribution in [2.24, 2.45) is 0 Å². The van der Waals surface area contributed by atoms with E-state index in [2.05, 4.69) is 19.9 Å². The zero-order valence-corrected chi connectivity index (χ0v) is 28.7. The van der Waals surface area contributed by atoms with E-state index in [1.165, 1.54) is 180 Å². The molecule has 0 spiro atoms. The lowest BCUT2D eigenvalue weighted by atomic mass is 10.0. The SMILES string of the molecule is CCCCCCCCCCCCCCCCCOc1c[c]cc(OCCCCCCCCCCCCCCCCC)c1. The number of benzene rings is 1. The van der Waals surface area contributed by atoms with E-state index in [1.54, 1.807) is 0 Å². The second-order valence-corrected chi connectivity index (χ2v) is 13.0. The molecule has 0 heterocycles. The van der Waals surface area contributed by atoms with Gasteiger partial charge in [-0.3, -0.25) is 0 Å². The Labute approximate surface area is 264 Å². The van der Waals surface area contributed by atoms with Gasteiger partial charge in [0.1, 0.15) is 11.5 Å². The van der Waals surface area contributed by atoms with E-state index in [4.69, 9.17) is 9.47 Å². The molecule has 0 amide bonds. The van der Waals surface area contributed by atoms with Crippen LogP contribution < -0.4 is 9.47 Å². The van der Waals surface area contributed by atoms with Crippen LogP contribution in [0, 0.1) is 6.07 Å². The maximum absolute atomic E-state index is 5.98. The molecule has 0 fully saturated rings. The van der Waals surface area contributed by atoms with Gasteiger partial charge in [-0.2, -0.15) is 0 Å². The summed E-state index contributed by atoms with van der Waals surface area (Å²) >= 11 is 0. The van der Waals surface area contributed by atoms with Gasteiger partial charge in [-0.15, -0.1) is 0 Å². The smallest absolute Gasteiger partial charge is 0.123 e. The van der Waals surface area contributed by atoms with Gasteiger partial charge in [0.25, 0.3) is 0 Å². The van der Waals surface area contributed by atoms with Crippen LogP contribution in [0.25, 0.3) is 0 Å². The lowest BCUT2D eigenvalue weighted by molar-refractivity contribution is 0.289. The van der Waals surface area contributed by atoms with E-state index < -0.39 is 0 Å². The maximum atomic E-state index is 5.98. The Morgan fingerprint density at radius 3 is 0.857 bits per heavy atom. The lowest BCUT2D eigenvalue weighted by Gasteiger charge is -2.10. The third-order valence-electron chi connectivity index (χ3n) is 8.77. The normalized spacial score (nSPS) is 11.3. The highest BCUT2D eigenvalue weighted by atomic mass is 16.5. The van der Waals surface area contributed by atoms with Crippen LogP contribution in [0.4, 0.5) is 0 Å². The van der Waals surface area contributed by atoms with Crippen LogP contribution in [-0.4, -0.2) is 13.2 Å². The number of hydrogen-bond donors (Lipinski definition) is 0. The first-order chi connectivity index (χ1) is 20.9. The zero-order chi connectivity index (χ0) is 30.0. The summed E-state index contributed by atoms with van der Waals surface area (Å²) in [7, 11) is 0. The van der Waals surface area contributed by atoms with Crippen LogP contribution in [0.5, 0.6) is 11.5 Å². The molecular weight excluding hydrogens is 512 g/mol. The summed E-state index contributed by atoms with van der Waals surface area (Å²) in [6.07, 6.45) is 41.8. The summed E-state index contributed by atoms with van der Waals surface area (Å²) in [6.45, 7) is 6.19. The molecule has 2 nitrogen and oxygen atoms in total. The Morgan fingerprint density at radius 1 is 0.357 bits per heavy atom. The molecule has 1 aromatic rings. The molecule has 0 aromatic heterocycles. The van der Waals surface area contributed by atoms with Crippen molar-refractivity contribution in [3.8, 4) is 11.5 Å². The highest BCUT2D eigenvalue weighted by Gasteiger charge is 2.00. The molecule has 1 radical (unpaired) electrons. The van der Waals surface area contributed by atoms with Gasteiger partial charge in [-0.25, -0.2) is 0 Å². The highest BCUT2D eigenvalue weighted by Crippen LogP contribution is 2.20. The van der Waals surface area contributed by atoms with Crippen LogP contribution in [-0.2, 0) is 0 Å². The number of unbranched alkanes of at least 4 members (excludes halogenated alkanes) is 28. The standard InChI is InChI=1S/C40H73O2/c1-3-5-7-9-11-13-15-17-19-21-23-25-27-29-31-36-41-39-34-33-35-40(38-39)42-37-32-30-28-26-24-22-20-18-16-14-12-10-8-6-4-2/h34-35,38H,3-32,36-37H2,1-2H3. The van der Waals surface area contributed by atoms with E-state index >= 15 is 0 Å². The quantitative estimate of drug-likeness (QED) is 0.0749. The number of hydrogen-bond acceptors (Lipinski definition) is 2. The fraction of sp³-hybridized carbons (Fsp3) is 0.850. The van der Waals surface area contributed by atoms with Gasteiger partial charge in [0.15, 0.2) is 0 Å². The van der Waals surface area contributed by atoms with Gasteiger partial charge < -0.3 is 9.47 Å². The molecule has 0 unspecified atom stereocenters. The van der Waals surface area contributed by atoms with Crippen molar-refractivity contribution in [3.05, 3.63) is 24.3 Å². The summed E-state index contributed by atoms with van der Waals surface area (Å²) in [5, 5.41) is 0.